The van der Waals surface area contributed by atoms with Gasteiger partial charge < -0.3 is 15.1 Å². The van der Waals surface area contributed by atoms with Gasteiger partial charge in [-0.2, -0.15) is 0 Å². The van der Waals surface area contributed by atoms with Gasteiger partial charge in [-0.15, -0.1) is 0 Å². The smallest absolute Gasteiger partial charge is 0.219 e. The molecule has 0 atom stereocenters. The quantitative estimate of drug-likeness (QED) is 0.825. The summed E-state index contributed by atoms with van der Waals surface area (Å²) in [6, 6.07) is 0.562. The maximum absolute atomic E-state index is 11.4. The zero-order valence-electron chi connectivity index (χ0n) is 14.2. The SMILES string of the molecule is CC(=O)N1CCC(NCC(C)(C)N2CCN(C)CC2)CC1. The number of hydrogen-bond acceptors (Lipinski definition) is 4. The van der Waals surface area contributed by atoms with Gasteiger partial charge >= 0.3 is 0 Å². The number of hydrogen-bond donors (Lipinski definition) is 1. The van der Waals surface area contributed by atoms with Gasteiger partial charge in [0.2, 0.25) is 5.91 Å². The molecule has 0 radical (unpaired) electrons. The Morgan fingerprint density at radius 2 is 1.67 bits per heavy atom. The highest BCUT2D eigenvalue weighted by Gasteiger charge is 2.30. The van der Waals surface area contributed by atoms with Crippen LogP contribution in [0.25, 0.3) is 0 Å². The van der Waals surface area contributed by atoms with Crippen molar-refractivity contribution >= 4 is 5.91 Å². The molecule has 0 aromatic carbocycles. The molecule has 0 aliphatic carbocycles. The molecule has 0 aromatic heterocycles. The van der Waals surface area contributed by atoms with E-state index in [4.69, 9.17) is 0 Å². The first-order chi connectivity index (χ1) is 9.88. The van der Waals surface area contributed by atoms with Crippen LogP contribution in [0.4, 0.5) is 0 Å². The van der Waals surface area contributed by atoms with Gasteiger partial charge in [-0.3, -0.25) is 9.69 Å². The summed E-state index contributed by atoms with van der Waals surface area (Å²) in [5.41, 5.74) is 0.207. The third-order valence-electron chi connectivity index (χ3n) is 5.12. The summed E-state index contributed by atoms with van der Waals surface area (Å²) in [5, 5.41) is 3.74. The highest BCUT2D eigenvalue weighted by molar-refractivity contribution is 5.73. The number of nitrogens with one attached hydrogen (secondary N) is 1. The van der Waals surface area contributed by atoms with Crippen molar-refractivity contribution in [1.29, 1.82) is 0 Å². The van der Waals surface area contributed by atoms with Crippen molar-refractivity contribution < 1.29 is 4.79 Å². The van der Waals surface area contributed by atoms with Crippen LogP contribution in [0.1, 0.15) is 33.6 Å². The minimum absolute atomic E-state index is 0.207. The first kappa shape index (κ1) is 16.7. The first-order valence-corrected chi connectivity index (χ1v) is 8.31. The Morgan fingerprint density at radius 1 is 1.10 bits per heavy atom. The van der Waals surface area contributed by atoms with Gasteiger partial charge in [0.25, 0.3) is 0 Å². The number of likely N-dealkylation sites (tertiary alicyclic amines) is 1. The van der Waals surface area contributed by atoms with Gasteiger partial charge in [0, 0.05) is 64.3 Å². The standard InChI is InChI=1S/C16H32N4O/c1-14(21)19-7-5-15(6-8-19)17-13-16(2,3)20-11-9-18(4)10-12-20/h15,17H,5-13H2,1-4H3. The minimum atomic E-state index is 0.207. The van der Waals surface area contributed by atoms with Gasteiger partial charge in [-0.25, -0.2) is 0 Å². The van der Waals surface area contributed by atoms with Gasteiger partial charge in [0.15, 0.2) is 0 Å². The largest absolute Gasteiger partial charge is 0.343 e. The van der Waals surface area contributed by atoms with Crippen molar-refractivity contribution in [3.8, 4) is 0 Å². The Balaban J connectivity index is 1.73. The second kappa shape index (κ2) is 7.07. The summed E-state index contributed by atoms with van der Waals surface area (Å²) in [4.78, 5) is 18.3. The number of nitrogens with zero attached hydrogens (tertiary/aromatic N) is 3. The maximum Gasteiger partial charge on any atom is 0.219 e. The van der Waals surface area contributed by atoms with E-state index in [2.05, 4.69) is 36.0 Å². The van der Waals surface area contributed by atoms with Crippen LogP contribution in [0.15, 0.2) is 0 Å². The Kier molecular flexibility index (Phi) is 5.63. The molecule has 2 aliphatic rings. The number of piperidine rings is 1. The van der Waals surface area contributed by atoms with E-state index in [0.717, 1.165) is 45.6 Å². The molecule has 5 nitrogen and oxygen atoms in total. The monoisotopic (exact) mass is 296 g/mol. The highest BCUT2D eigenvalue weighted by Crippen LogP contribution is 2.17. The van der Waals surface area contributed by atoms with Crippen LogP contribution in [-0.4, -0.2) is 85.0 Å². The molecule has 5 heteroatoms. The molecule has 0 aromatic rings. The predicted octanol–water partition coefficient (Wildman–Crippen LogP) is 0.613. The lowest BCUT2D eigenvalue weighted by molar-refractivity contribution is -0.129. The van der Waals surface area contributed by atoms with Gasteiger partial charge in [-0.1, -0.05) is 0 Å². The van der Waals surface area contributed by atoms with Gasteiger partial charge in [-0.05, 0) is 33.7 Å². The lowest BCUT2D eigenvalue weighted by Crippen LogP contribution is -2.58. The Hall–Kier alpha value is -0.650. The van der Waals surface area contributed by atoms with Crippen LogP contribution in [0, 0.1) is 0 Å². The second-order valence-electron chi connectivity index (χ2n) is 7.26. The van der Waals surface area contributed by atoms with E-state index in [0.29, 0.717) is 6.04 Å². The molecule has 1 N–H and O–H groups in total. The van der Waals surface area contributed by atoms with E-state index in [1.807, 2.05) is 4.90 Å². The Labute approximate surface area is 129 Å². The average molecular weight is 296 g/mol. The molecule has 0 saturated carbocycles. The van der Waals surface area contributed by atoms with E-state index < -0.39 is 0 Å². The average Bonchev–Trinajstić information content (AvgIpc) is 2.46. The van der Waals surface area contributed by atoms with Gasteiger partial charge in [0.05, 0.1) is 0 Å². The molecular formula is C16H32N4O. The molecule has 0 unspecified atom stereocenters. The van der Waals surface area contributed by atoms with E-state index in [-0.39, 0.29) is 11.4 Å². The van der Waals surface area contributed by atoms with E-state index in [9.17, 15) is 4.79 Å². The van der Waals surface area contributed by atoms with E-state index >= 15 is 0 Å². The number of amides is 1. The minimum Gasteiger partial charge on any atom is -0.343 e. The normalized spacial score (nSPS) is 23.5. The molecule has 2 rings (SSSR count). The third-order valence-corrected chi connectivity index (χ3v) is 5.12. The summed E-state index contributed by atoms with van der Waals surface area (Å²) in [5.74, 6) is 0.214. The summed E-state index contributed by atoms with van der Waals surface area (Å²) < 4.78 is 0. The lowest BCUT2D eigenvalue weighted by atomic mass is 9.99. The maximum atomic E-state index is 11.4. The number of rotatable bonds is 4. The van der Waals surface area contributed by atoms with E-state index in [1.54, 1.807) is 6.92 Å². The molecule has 122 valence electrons. The molecule has 2 fully saturated rings. The second-order valence-corrected chi connectivity index (χ2v) is 7.26. The lowest BCUT2D eigenvalue weighted by Gasteiger charge is -2.44. The van der Waals surface area contributed by atoms with Gasteiger partial charge in [0.1, 0.15) is 0 Å². The Morgan fingerprint density at radius 3 is 2.19 bits per heavy atom. The van der Waals surface area contributed by atoms with Crippen molar-refractivity contribution in [2.75, 3.05) is 52.9 Å². The summed E-state index contributed by atoms with van der Waals surface area (Å²) in [7, 11) is 2.20. The first-order valence-electron chi connectivity index (χ1n) is 8.31. The van der Waals surface area contributed by atoms with Crippen molar-refractivity contribution in [3.05, 3.63) is 0 Å². The van der Waals surface area contributed by atoms with Crippen molar-refractivity contribution in [2.24, 2.45) is 0 Å². The van der Waals surface area contributed by atoms with Crippen LogP contribution in [0.3, 0.4) is 0 Å². The molecule has 0 bridgehead atoms. The number of carbonyl (C=O) groups is 1. The fourth-order valence-electron chi connectivity index (χ4n) is 3.32. The summed E-state index contributed by atoms with van der Waals surface area (Å²) in [6.45, 7) is 13.9. The zero-order valence-corrected chi connectivity index (χ0v) is 14.2. The van der Waals surface area contributed by atoms with Crippen molar-refractivity contribution in [1.82, 2.24) is 20.0 Å². The summed E-state index contributed by atoms with van der Waals surface area (Å²) in [6.07, 6.45) is 2.16. The van der Waals surface area contributed by atoms with Crippen molar-refractivity contribution in [2.45, 2.75) is 45.2 Å². The molecule has 2 heterocycles. The molecule has 21 heavy (non-hydrogen) atoms. The van der Waals surface area contributed by atoms with Crippen LogP contribution in [-0.2, 0) is 4.79 Å². The van der Waals surface area contributed by atoms with E-state index in [1.165, 1.54) is 13.1 Å². The zero-order chi connectivity index (χ0) is 15.5. The molecule has 1 amide bonds. The number of piperazine rings is 1. The molecule has 2 aliphatic heterocycles. The predicted molar refractivity (Wildman–Crippen MR) is 86.4 cm³/mol. The van der Waals surface area contributed by atoms with Crippen molar-refractivity contribution in [3.63, 3.8) is 0 Å². The number of carbonyl (C=O) groups excluding carboxylic acids is 1. The molecule has 2 saturated heterocycles. The Bertz CT molecular complexity index is 342. The highest BCUT2D eigenvalue weighted by atomic mass is 16.2. The summed E-state index contributed by atoms with van der Waals surface area (Å²) >= 11 is 0. The topological polar surface area (TPSA) is 38.8 Å². The van der Waals surface area contributed by atoms with Crippen LogP contribution in [0.2, 0.25) is 0 Å². The fraction of sp³-hybridized carbons (Fsp3) is 0.938. The third kappa shape index (κ3) is 4.66. The molecule has 0 spiro atoms. The number of likely N-dealkylation sites (N-methyl/N-ethyl adjacent to an activating group) is 1. The van der Waals surface area contributed by atoms with Crippen LogP contribution >= 0.6 is 0 Å². The van der Waals surface area contributed by atoms with Crippen LogP contribution < -0.4 is 5.32 Å². The molecular weight excluding hydrogens is 264 g/mol. The fourth-order valence-corrected chi connectivity index (χ4v) is 3.32. The van der Waals surface area contributed by atoms with Crippen LogP contribution in [0.5, 0.6) is 0 Å².